The molecule has 8 heteroatoms. The minimum Gasteiger partial charge on any atom is -0.494 e. The number of rotatable bonds is 5. The molecule has 1 atom stereocenters. The van der Waals surface area contributed by atoms with Crippen molar-refractivity contribution in [3.8, 4) is 5.75 Å². The van der Waals surface area contributed by atoms with Crippen molar-refractivity contribution in [1.82, 2.24) is 5.32 Å². The maximum atomic E-state index is 13.9. The van der Waals surface area contributed by atoms with Gasteiger partial charge < -0.3 is 19.6 Å². The molecule has 142 valence electrons. The molecule has 3 rings (SSSR count). The molecule has 0 spiro atoms. The van der Waals surface area contributed by atoms with E-state index in [2.05, 4.69) is 5.32 Å². The molecule has 1 unspecified atom stereocenters. The lowest BCUT2D eigenvalue weighted by Gasteiger charge is -2.15. The average molecular weight is 375 g/mol. The summed E-state index contributed by atoms with van der Waals surface area (Å²) in [6, 6.07) is 2.13. The van der Waals surface area contributed by atoms with Crippen molar-refractivity contribution in [2.24, 2.45) is 0 Å². The van der Waals surface area contributed by atoms with Crippen molar-refractivity contribution >= 4 is 17.7 Å². The van der Waals surface area contributed by atoms with Gasteiger partial charge in [-0.05, 0) is 31.0 Å². The van der Waals surface area contributed by atoms with E-state index >= 15 is 0 Å². The Morgan fingerprint density at radius 3 is 2.67 bits per heavy atom. The maximum Gasteiger partial charge on any atom is 0.330 e. The Kier molecular flexibility index (Phi) is 4.98. The molecule has 1 aliphatic rings. The van der Waals surface area contributed by atoms with Gasteiger partial charge in [0.1, 0.15) is 5.76 Å². The number of furan rings is 1. The average Bonchev–Trinajstić information content (AvgIpc) is 2.97. The first-order valence-corrected chi connectivity index (χ1v) is 8.36. The minimum atomic E-state index is -1.49. The number of carbonyl (C=O) groups excluding carboxylic acids is 2. The number of amides is 1. The number of hydrogen-bond donors (Lipinski definition) is 2. The summed E-state index contributed by atoms with van der Waals surface area (Å²) in [5, 5.41) is 11.8. The number of carbonyl (C=O) groups is 3. The van der Waals surface area contributed by atoms with E-state index in [1.165, 1.54) is 19.2 Å². The van der Waals surface area contributed by atoms with Crippen molar-refractivity contribution in [1.29, 1.82) is 0 Å². The quantitative estimate of drug-likeness (QED) is 0.832. The summed E-state index contributed by atoms with van der Waals surface area (Å²) in [7, 11) is 1.29. The number of aliphatic carboxylic acids is 1. The summed E-state index contributed by atoms with van der Waals surface area (Å²) < 4.78 is 24.2. The topological polar surface area (TPSA) is 106 Å². The number of Topliss-reactive ketones (excluding diaryl/α,β-unsaturated/α-hetero) is 1. The fraction of sp³-hybridized carbons (Fsp3) is 0.316. The SMILES string of the molecule is COc1ccc(C(NC(=O)c2oc3c(c2C)C(=O)CCC3)C(=O)O)cc1F. The molecule has 7 nitrogen and oxygen atoms in total. The number of ketones is 1. The highest BCUT2D eigenvalue weighted by Crippen LogP contribution is 2.30. The van der Waals surface area contributed by atoms with Crippen LogP contribution in [0, 0.1) is 12.7 Å². The monoisotopic (exact) mass is 375 g/mol. The lowest BCUT2D eigenvalue weighted by molar-refractivity contribution is -0.139. The Morgan fingerprint density at radius 2 is 2.07 bits per heavy atom. The number of hydrogen-bond acceptors (Lipinski definition) is 5. The summed E-state index contributed by atoms with van der Waals surface area (Å²) >= 11 is 0. The van der Waals surface area contributed by atoms with Crippen molar-refractivity contribution < 1.29 is 33.0 Å². The first kappa shape index (κ1) is 18.6. The molecule has 0 bridgehead atoms. The Morgan fingerprint density at radius 1 is 1.33 bits per heavy atom. The molecule has 1 aromatic carbocycles. The van der Waals surface area contributed by atoms with Crippen molar-refractivity contribution in [2.75, 3.05) is 7.11 Å². The predicted molar refractivity (Wildman–Crippen MR) is 91.5 cm³/mol. The van der Waals surface area contributed by atoms with Gasteiger partial charge in [0.05, 0.1) is 12.7 Å². The third-order valence-corrected chi connectivity index (χ3v) is 4.54. The zero-order valence-corrected chi connectivity index (χ0v) is 14.8. The molecule has 2 N–H and O–H groups in total. The lowest BCUT2D eigenvalue weighted by atomic mass is 9.94. The molecule has 1 aliphatic carbocycles. The molecule has 27 heavy (non-hydrogen) atoms. The second-order valence-electron chi connectivity index (χ2n) is 6.27. The van der Waals surface area contributed by atoms with Crippen LogP contribution in [-0.2, 0) is 11.2 Å². The molecule has 1 amide bonds. The molecular formula is C19H18FNO6. The second kappa shape index (κ2) is 7.22. The molecule has 0 fully saturated rings. The van der Waals surface area contributed by atoms with Gasteiger partial charge in [-0.25, -0.2) is 9.18 Å². The largest absolute Gasteiger partial charge is 0.494 e. The van der Waals surface area contributed by atoms with E-state index in [1.807, 2.05) is 0 Å². The fourth-order valence-electron chi connectivity index (χ4n) is 3.21. The summed E-state index contributed by atoms with van der Waals surface area (Å²) in [6.07, 6.45) is 1.57. The summed E-state index contributed by atoms with van der Waals surface area (Å²) in [4.78, 5) is 36.3. The van der Waals surface area contributed by atoms with Crippen LogP contribution in [0.1, 0.15) is 56.7 Å². The Balaban J connectivity index is 1.90. The van der Waals surface area contributed by atoms with Crippen LogP contribution < -0.4 is 10.1 Å². The third-order valence-electron chi connectivity index (χ3n) is 4.54. The maximum absolute atomic E-state index is 13.9. The number of carboxylic acids is 1. The smallest absolute Gasteiger partial charge is 0.330 e. The van der Waals surface area contributed by atoms with E-state index in [9.17, 15) is 23.9 Å². The zero-order chi connectivity index (χ0) is 19.7. The number of aryl methyl sites for hydroxylation is 1. The lowest BCUT2D eigenvalue weighted by Crippen LogP contribution is -2.34. The number of carboxylic acid groups (broad SMARTS) is 1. The van der Waals surface area contributed by atoms with E-state index in [4.69, 9.17) is 9.15 Å². The number of methoxy groups -OCH3 is 1. The highest BCUT2D eigenvalue weighted by atomic mass is 19.1. The van der Waals surface area contributed by atoms with Gasteiger partial charge in [0.15, 0.2) is 29.2 Å². The van der Waals surface area contributed by atoms with E-state index in [0.29, 0.717) is 36.1 Å². The van der Waals surface area contributed by atoms with Gasteiger partial charge in [0.25, 0.3) is 5.91 Å². The fourth-order valence-corrected chi connectivity index (χ4v) is 3.21. The number of ether oxygens (including phenoxy) is 1. The van der Waals surface area contributed by atoms with Crippen LogP contribution in [-0.4, -0.2) is 29.9 Å². The van der Waals surface area contributed by atoms with Crippen LogP contribution in [0.25, 0.3) is 0 Å². The van der Waals surface area contributed by atoms with E-state index < -0.39 is 23.7 Å². The molecule has 0 radical (unpaired) electrons. The normalized spacial score (nSPS) is 14.4. The molecular weight excluding hydrogens is 357 g/mol. The Bertz CT molecular complexity index is 933. The minimum absolute atomic E-state index is 0.0396. The zero-order valence-electron chi connectivity index (χ0n) is 14.8. The van der Waals surface area contributed by atoms with Gasteiger partial charge in [-0.15, -0.1) is 0 Å². The van der Waals surface area contributed by atoms with E-state index in [1.54, 1.807) is 6.92 Å². The van der Waals surface area contributed by atoms with Gasteiger partial charge in [0, 0.05) is 18.4 Å². The van der Waals surface area contributed by atoms with E-state index in [-0.39, 0.29) is 22.9 Å². The number of nitrogens with one attached hydrogen (secondary N) is 1. The first-order chi connectivity index (χ1) is 12.8. The van der Waals surface area contributed by atoms with Crippen LogP contribution in [0.15, 0.2) is 22.6 Å². The van der Waals surface area contributed by atoms with E-state index in [0.717, 1.165) is 6.07 Å². The van der Waals surface area contributed by atoms with Crippen molar-refractivity contribution in [3.63, 3.8) is 0 Å². The highest BCUT2D eigenvalue weighted by molar-refractivity contribution is 6.04. The molecule has 0 aliphatic heterocycles. The van der Waals surface area contributed by atoms with Gasteiger partial charge in [-0.1, -0.05) is 6.07 Å². The number of fused-ring (bicyclic) bond motifs is 1. The highest BCUT2D eigenvalue weighted by Gasteiger charge is 2.31. The Labute approximate surface area is 154 Å². The third kappa shape index (κ3) is 3.42. The number of halogens is 1. The summed E-state index contributed by atoms with van der Waals surface area (Å²) in [5.74, 6) is -2.68. The molecule has 2 aromatic rings. The van der Waals surface area contributed by atoms with Gasteiger partial charge in [-0.3, -0.25) is 9.59 Å². The predicted octanol–water partition coefficient (Wildman–Crippen LogP) is 2.81. The molecule has 1 heterocycles. The van der Waals surface area contributed by atoms with Crippen LogP contribution >= 0.6 is 0 Å². The van der Waals surface area contributed by atoms with Gasteiger partial charge >= 0.3 is 5.97 Å². The van der Waals surface area contributed by atoms with Gasteiger partial charge in [-0.2, -0.15) is 0 Å². The van der Waals surface area contributed by atoms with Crippen molar-refractivity contribution in [3.05, 3.63) is 52.2 Å². The van der Waals surface area contributed by atoms with Crippen LogP contribution in [0.5, 0.6) is 5.75 Å². The number of benzene rings is 1. The second-order valence-corrected chi connectivity index (χ2v) is 6.27. The molecule has 0 saturated carbocycles. The first-order valence-electron chi connectivity index (χ1n) is 8.36. The van der Waals surface area contributed by atoms with Crippen molar-refractivity contribution in [2.45, 2.75) is 32.2 Å². The van der Waals surface area contributed by atoms with Crippen LogP contribution in [0.4, 0.5) is 4.39 Å². The van der Waals surface area contributed by atoms with Crippen LogP contribution in [0.2, 0.25) is 0 Å². The van der Waals surface area contributed by atoms with Gasteiger partial charge in [0.2, 0.25) is 0 Å². The molecule has 0 saturated heterocycles. The molecule has 1 aromatic heterocycles. The Hall–Kier alpha value is -3.16. The standard InChI is InChI=1S/C19H18FNO6/c1-9-15-12(22)4-3-5-14(15)27-17(9)18(23)21-16(19(24)25)10-6-7-13(26-2)11(20)8-10/h6-8,16H,3-5H2,1-2H3,(H,21,23)(H,24,25). The summed E-state index contributed by atoms with van der Waals surface area (Å²) in [5.41, 5.74) is 0.824. The van der Waals surface area contributed by atoms with Crippen LogP contribution in [0.3, 0.4) is 0 Å². The summed E-state index contributed by atoms with van der Waals surface area (Å²) in [6.45, 7) is 1.59.